The van der Waals surface area contributed by atoms with Crippen molar-refractivity contribution in [3.05, 3.63) is 59.2 Å². The van der Waals surface area contributed by atoms with Crippen LogP contribution >= 0.6 is 0 Å². The van der Waals surface area contributed by atoms with Crippen LogP contribution in [0.3, 0.4) is 0 Å². The maximum absolute atomic E-state index is 12.7. The number of carbonyl (C=O) groups is 2. The zero-order valence-corrected chi connectivity index (χ0v) is 24.5. The third kappa shape index (κ3) is 7.22. The monoisotopic (exact) mass is 565 g/mol. The molecule has 0 radical (unpaired) electrons. The predicted molar refractivity (Wildman–Crippen MR) is 154 cm³/mol. The third-order valence-corrected chi connectivity index (χ3v) is 8.38. The van der Waals surface area contributed by atoms with Gasteiger partial charge in [0.15, 0.2) is 17.6 Å². The SMILES string of the molecule is CCCN1CCC[C@@H]2Cc3c(ccc(OCc4ccccc4)c3O[C@H]3C[C@@H](OC(C)=O)C[C@@H](C(=O)OCC)O3)C[C@H]21. The van der Waals surface area contributed by atoms with Gasteiger partial charge in [0.1, 0.15) is 12.7 Å². The quantitative estimate of drug-likeness (QED) is 0.362. The van der Waals surface area contributed by atoms with E-state index in [4.69, 9.17) is 23.7 Å². The maximum atomic E-state index is 12.7. The maximum Gasteiger partial charge on any atom is 0.335 e. The van der Waals surface area contributed by atoms with E-state index in [0.717, 1.165) is 43.5 Å². The first kappa shape index (κ1) is 29.4. The van der Waals surface area contributed by atoms with Gasteiger partial charge in [-0.2, -0.15) is 0 Å². The summed E-state index contributed by atoms with van der Waals surface area (Å²) < 4.78 is 29.9. The molecule has 2 aliphatic heterocycles. The minimum atomic E-state index is -0.878. The second-order valence-electron chi connectivity index (χ2n) is 11.3. The highest BCUT2D eigenvalue weighted by molar-refractivity contribution is 5.75. The molecule has 0 N–H and O–H groups in total. The van der Waals surface area contributed by atoms with E-state index >= 15 is 0 Å². The van der Waals surface area contributed by atoms with E-state index in [1.807, 2.05) is 36.4 Å². The molecule has 2 aromatic rings. The Labute approximate surface area is 243 Å². The number of rotatable bonds is 10. The average Bonchev–Trinajstić information content (AvgIpc) is 2.96. The predicted octanol–water partition coefficient (Wildman–Crippen LogP) is 5.23. The summed E-state index contributed by atoms with van der Waals surface area (Å²) in [7, 11) is 0. The van der Waals surface area contributed by atoms with Gasteiger partial charge in [-0.1, -0.05) is 43.3 Å². The highest BCUT2D eigenvalue weighted by atomic mass is 16.7. The minimum absolute atomic E-state index is 0.236. The molecule has 2 fully saturated rings. The number of nitrogens with zero attached hydrogens (tertiary/aromatic N) is 1. The van der Waals surface area contributed by atoms with E-state index in [1.54, 1.807) is 6.92 Å². The topological polar surface area (TPSA) is 83.5 Å². The van der Waals surface area contributed by atoms with Gasteiger partial charge in [-0.3, -0.25) is 9.69 Å². The van der Waals surface area contributed by atoms with Gasteiger partial charge >= 0.3 is 11.9 Å². The number of hydrogen-bond acceptors (Lipinski definition) is 8. The van der Waals surface area contributed by atoms with Crippen LogP contribution in [0.4, 0.5) is 0 Å². The van der Waals surface area contributed by atoms with Crippen molar-refractivity contribution in [1.29, 1.82) is 0 Å². The molecule has 41 heavy (non-hydrogen) atoms. The molecule has 2 aromatic carbocycles. The summed E-state index contributed by atoms with van der Waals surface area (Å²) in [5, 5.41) is 0. The van der Waals surface area contributed by atoms with E-state index < -0.39 is 30.4 Å². The molecular weight excluding hydrogens is 522 g/mol. The highest BCUT2D eigenvalue weighted by Crippen LogP contribution is 2.44. The molecular formula is C33H43NO7. The van der Waals surface area contributed by atoms with Crippen LogP contribution in [0.1, 0.15) is 69.6 Å². The summed E-state index contributed by atoms with van der Waals surface area (Å²) in [6.45, 7) is 8.30. The van der Waals surface area contributed by atoms with Crippen LogP contribution in [-0.2, 0) is 43.2 Å². The molecule has 1 aliphatic carbocycles. The summed E-state index contributed by atoms with van der Waals surface area (Å²) in [5.74, 6) is 0.985. The molecule has 222 valence electrons. The van der Waals surface area contributed by atoms with Gasteiger partial charge in [0.25, 0.3) is 0 Å². The second kappa shape index (κ2) is 13.7. The van der Waals surface area contributed by atoms with Crippen molar-refractivity contribution in [2.45, 2.75) is 96.9 Å². The van der Waals surface area contributed by atoms with Crippen LogP contribution in [0.2, 0.25) is 0 Å². The van der Waals surface area contributed by atoms with E-state index in [9.17, 15) is 9.59 Å². The summed E-state index contributed by atoms with van der Waals surface area (Å²) in [6, 6.07) is 14.8. The molecule has 8 heteroatoms. The van der Waals surface area contributed by atoms with Gasteiger partial charge < -0.3 is 23.7 Å². The standard InChI is InChI=1S/C33H43NO7/c1-4-15-34-16-9-12-25-17-27-24(18-28(25)34)13-14-29(38-21-23-10-7-6-8-11-23)32(27)41-31-20-26(39-22(3)35)19-30(40-31)33(36)37-5-2/h6-8,10-11,13-14,25-26,28,30-31H,4-5,9,12,15-21H2,1-3H3/t25-,26+,28-,30+,31+/m1/s1. The van der Waals surface area contributed by atoms with E-state index in [2.05, 4.69) is 17.9 Å². The molecule has 0 aromatic heterocycles. The fourth-order valence-corrected chi connectivity index (χ4v) is 6.61. The van der Waals surface area contributed by atoms with E-state index in [0.29, 0.717) is 36.5 Å². The molecule has 0 saturated carbocycles. The molecule has 0 amide bonds. The number of esters is 2. The van der Waals surface area contributed by atoms with Gasteiger partial charge in [0.2, 0.25) is 6.29 Å². The Kier molecular flexibility index (Phi) is 9.83. The molecule has 2 saturated heterocycles. The van der Waals surface area contributed by atoms with Crippen molar-refractivity contribution < 1.29 is 33.3 Å². The molecule has 2 heterocycles. The van der Waals surface area contributed by atoms with Crippen molar-refractivity contribution in [3.8, 4) is 11.5 Å². The van der Waals surface area contributed by atoms with Gasteiger partial charge in [-0.05, 0) is 75.2 Å². The lowest BCUT2D eigenvalue weighted by Gasteiger charge is -2.45. The zero-order valence-electron chi connectivity index (χ0n) is 24.5. The van der Waals surface area contributed by atoms with Crippen LogP contribution in [0.5, 0.6) is 11.5 Å². The van der Waals surface area contributed by atoms with Crippen LogP contribution in [0, 0.1) is 5.92 Å². The first-order valence-electron chi connectivity index (χ1n) is 15.2. The molecule has 0 spiro atoms. The molecule has 0 unspecified atom stereocenters. The number of benzene rings is 2. The number of carbonyl (C=O) groups excluding carboxylic acids is 2. The highest BCUT2D eigenvalue weighted by Gasteiger charge is 2.40. The molecule has 5 rings (SSSR count). The average molecular weight is 566 g/mol. The Morgan fingerprint density at radius 3 is 2.63 bits per heavy atom. The van der Waals surface area contributed by atoms with Gasteiger partial charge in [0, 0.05) is 31.4 Å². The Bertz CT molecular complexity index is 1180. The number of piperidine rings is 1. The second-order valence-corrected chi connectivity index (χ2v) is 11.3. The molecule has 0 bridgehead atoms. The number of fused-ring (bicyclic) bond motifs is 2. The molecule has 8 nitrogen and oxygen atoms in total. The van der Waals surface area contributed by atoms with E-state index in [-0.39, 0.29) is 13.0 Å². The first-order valence-corrected chi connectivity index (χ1v) is 15.2. The van der Waals surface area contributed by atoms with Gasteiger partial charge in [-0.25, -0.2) is 4.79 Å². The van der Waals surface area contributed by atoms with Crippen LogP contribution < -0.4 is 9.47 Å². The lowest BCUT2D eigenvalue weighted by Crippen LogP contribution is -2.49. The van der Waals surface area contributed by atoms with Crippen molar-refractivity contribution in [3.63, 3.8) is 0 Å². The van der Waals surface area contributed by atoms with Gasteiger partial charge in [-0.15, -0.1) is 0 Å². The van der Waals surface area contributed by atoms with Gasteiger partial charge in [0.05, 0.1) is 6.61 Å². The number of hydrogen-bond donors (Lipinski definition) is 0. The van der Waals surface area contributed by atoms with Crippen molar-refractivity contribution in [2.75, 3.05) is 19.7 Å². The lowest BCUT2D eigenvalue weighted by atomic mass is 9.75. The van der Waals surface area contributed by atoms with Crippen molar-refractivity contribution in [2.24, 2.45) is 5.92 Å². The normalized spacial score (nSPS) is 25.9. The largest absolute Gasteiger partial charge is 0.485 e. The summed E-state index contributed by atoms with van der Waals surface area (Å²) in [5.41, 5.74) is 3.48. The number of ether oxygens (including phenoxy) is 5. The van der Waals surface area contributed by atoms with Crippen molar-refractivity contribution in [1.82, 2.24) is 4.90 Å². The van der Waals surface area contributed by atoms with E-state index in [1.165, 1.54) is 25.3 Å². The fraction of sp³-hybridized carbons (Fsp3) is 0.576. The Morgan fingerprint density at radius 1 is 1.05 bits per heavy atom. The summed E-state index contributed by atoms with van der Waals surface area (Å²) in [6.07, 6.45) is 3.78. The van der Waals surface area contributed by atoms with Crippen LogP contribution in [0.15, 0.2) is 42.5 Å². The number of likely N-dealkylation sites (tertiary alicyclic amines) is 1. The Morgan fingerprint density at radius 2 is 1.88 bits per heavy atom. The minimum Gasteiger partial charge on any atom is -0.485 e. The summed E-state index contributed by atoms with van der Waals surface area (Å²) >= 11 is 0. The Balaban J connectivity index is 1.45. The zero-order chi connectivity index (χ0) is 28.8. The molecule has 3 aliphatic rings. The third-order valence-electron chi connectivity index (χ3n) is 8.38. The van der Waals surface area contributed by atoms with Crippen LogP contribution in [0.25, 0.3) is 0 Å². The van der Waals surface area contributed by atoms with Crippen LogP contribution in [-0.4, -0.2) is 61.1 Å². The molecule has 5 atom stereocenters. The smallest absolute Gasteiger partial charge is 0.335 e. The Hall–Kier alpha value is -3.10. The fourth-order valence-electron chi connectivity index (χ4n) is 6.61. The van der Waals surface area contributed by atoms with Crippen molar-refractivity contribution >= 4 is 11.9 Å². The summed E-state index contributed by atoms with van der Waals surface area (Å²) in [4.78, 5) is 27.1. The first-order chi connectivity index (χ1) is 19.9. The lowest BCUT2D eigenvalue weighted by molar-refractivity contribution is -0.205.